The molecule has 1 aliphatic heterocycles. The predicted octanol–water partition coefficient (Wildman–Crippen LogP) is 3.45. The monoisotopic (exact) mass is 354 g/mol. The molecule has 1 saturated heterocycles. The predicted molar refractivity (Wildman–Crippen MR) is 100 cm³/mol. The Morgan fingerprint density at radius 2 is 1.92 bits per heavy atom. The third-order valence-electron chi connectivity index (χ3n) is 5.11. The van der Waals surface area contributed by atoms with E-state index in [1.54, 1.807) is 0 Å². The van der Waals surface area contributed by atoms with E-state index in [1.165, 1.54) is 5.56 Å². The Hall–Kier alpha value is -2.56. The highest BCUT2D eigenvalue weighted by Crippen LogP contribution is 2.22. The lowest BCUT2D eigenvalue weighted by Crippen LogP contribution is -2.40. The zero-order valence-electron chi connectivity index (χ0n) is 15.0. The summed E-state index contributed by atoms with van der Waals surface area (Å²) in [5.41, 5.74) is 1.98. The number of hydrogen-bond donors (Lipinski definition) is 1. The quantitative estimate of drug-likeness (QED) is 0.828. The molecule has 2 aromatic rings. The van der Waals surface area contributed by atoms with E-state index in [1.807, 2.05) is 46.0 Å². The van der Waals surface area contributed by atoms with Gasteiger partial charge in [0.1, 0.15) is 5.69 Å². The highest BCUT2D eigenvalue weighted by Gasteiger charge is 2.26. The van der Waals surface area contributed by atoms with E-state index in [-0.39, 0.29) is 18.2 Å². The number of aromatic nitrogens is 1. The molecule has 1 amide bonds. The summed E-state index contributed by atoms with van der Waals surface area (Å²) >= 11 is 0. The molecule has 1 atom stereocenters. The smallest absolute Gasteiger partial charge is 0.303 e. The number of carboxylic acid groups (broad SMARTS) is 1. The maximum Gasteiger partial charge on any atom is 0.303 e. The van der Waals surface area contributed by atoms with Gasteiger partial charge >= 0.3 is 5.97 Å². The molecule has 1 aromatic heterocycles. The fourth-order valence-corrected chi connectivity index (χ4v) is 3.67. The molecule has 1 aliphatic rings. The maximum atomic E-state index is 13.0. The first-order chi connectivity index (χ1) is 12.6. The Bertz CT molecular complexity index is 739. The minimum Gasteiger partial charge on any atom is -0.481 e. The van der Waals surface area contributed by atoms with Crippen LogP contribution in [-0.4, -0.2) is 39.5 Å². The number of amides is 1. The second-order valence-corrected chi connectivity index (χ2v) is 7.01. The number of likely N-dealkylation sites (tertiary alicyclic amines) is 1. The number of rotatable bonds is 7. The molecule has 0 aliphatic carbocycles. The molecule has 0 unspecified atom stereocenters. The number of aryl methyl sites for hydroxylation is 2. The first-order valence-corrected chi connectivity index (χ1v) is 9.33. The van der Waals surface area contributed by atoms with Gasteiger partial charge in [-0.1, -0.05) is 30.3 Å². The van der Waals surface area contributed by atoms with E-state index in [9.17, 15) is 9.59 Å². The number of piperidine rings is 1. The summed E-state index contributed by atoms with van der Waals surface area (Å²) in [6.07, 6.45) is 5.63. The number of aliphatic carboxylic acids is 1. The summed E-state index contributed by atoms with van der Waals surface area (Å²) in [5.74, 6) is -0.414. The van der Waals surface area contributed by atoms with Gasteiger partial charge in [-0.3, -0.25) is 9.59 Å². The first kappa shape index (κ1) is 18.2. The molecule has 138 valence electrons. The van der Waals surface area contributed by atoms with Crippen molar-refractivity contribution in [2.24, 2.45) is 5.92 Å². The normalized spacial score (nSPS) is 17.2. The molecule has 0 bridgehead atoms. The average Bonchev–Trinajstić information content (AvgIpc) is 3.14. The molecule has 5 nitrogen and oxygen atoms in total. The number of nitrogens with zero attached hydrogens (tertiary/aromatic N) is 2. The maximum absolute atomic E-state index is 13.0. The van der Waals surface area contributed by atoms with Gasteiger partial charge in [0, 0.05) is 32.3 Å². The fraction of sp³-hybridized carbons (Fsp3) is 0.429. The Balaban J connectivity index is 1.61. The van der Waals surface area contributed by atoms with Crippen LogP contribution in [0.3, 0.4) is 0 Å². The first-order valence-electron chi connectivity index (χ1n) is 9.33. The topological polar surface area (TPSA) is 62.5 Å². The Labute approximate surface area is 154 Å². The summed E-state index contributed by atoms with van der Waals surface area (Å²) < 4.78 is 2.02. The summed E-state index contributed by atoms with van der Waals surface area (Å²) in [6.45, 7) is 2.19. The van der Waals surface area contributed by atoms with Crippen molar-refractivity contribution in [1.82, 2.24) is 9.47 Å². The Morgan fingerprint density at radius 3 is 2.69 bits per heavy atom. The van der Waals surface area contributed by atoms with E-state index in [4.69, 9.17) is 5.11 Å². The van der Waals surface area contributed by atoms with Gasteiger partial charge in [0.15, 0.2) is 0 Å². The van der Waals surface area contributed by atoms with Crippen LogP contribution in [0.1, 0.15) is 41.7 Å². The number of carbonyl (C=O) groups excluding carboxylic acids is 1. The van der Waals surface area contributed by atoms with E-state index < -0.39 is 5.97 Å². The molecule has 0 saturated carbocycles. The molecule has 2 heterocycles. The van der Waals surface area contributed by atoms with Gasteiger partial charge in [0.05, 0.1) is 0 Å². The summed E-state index contributed by atoms with van der Waals surface area (Å²) in [4.78, 5) is 25.7. The lowest BCUT2D eigenvalue weighted by molar-refractivity contribution is -0.137. The zero-order valence-corrected chi connectivity index (χ0v) is 15.0. The molecule has 1 aromatic carbocycles. The van der Waals surface area contributed by atoms with Gasteiger partial charge in [-0.25, -0.2) is 0 Å². The van der Waals surface area contributed by atoms with Crippen molar-refractivity contribution in [2.45, 2.75) is 38.6 Å². The van der Waals surface area contributed by atoms with E-state index >= 15 is 0 Å². The van der Waals surface area contributed by atoms with Crippen molar-refractivity contribution in [3.8, 4) is 0 Å². The molecule has 0 spiro atoms. The summed E-state index contributed by atoms with van der Waals surface area (Å²) in [6, 6.07) is 14.1. The van der Waals surface area contributed by atoms with Crippen LogP contribution in [0.5, 0.6) is 0 Å². The Kier molecular flexibility index (Phi) is 6.10. The third-order valence-corrected chi connectivity index (χ3v) is 5.11. The molecule has 26 heavy (non-hydrogen) atoms. The lowest BCUT2D eigenvalue weighted by atomic mass is 9.93. The van der Waals surface area contributed by atoms with Crippen LogP contribution in [0.15, 0.2) is 48.7 Å². The van der Waals surface area contributed by atoms with Gasteiger partial charge in [-0.2, -0.15) is 0 Å². The zero-order chi connectivity index (χ0) is 18.4. The highest BCUT2D eigenvalue weighted by molar-refractivity contribution is 5.92. The molecule has 1 N–H and O–H groups in total. The van der Waals surface area contributed by atoms with Crippen LogP contribution in [0.4, 0.5) is 0 Å². The second-order valence-electron chi connectivity index (χ2n) is 7.01. The minimum atomic E-state index is -0.761. The van der Waals surface area contributed by atoms with Crippen molar-refractivity contribution in [1.29, 1.82) is 0 Å². The van der Waals surface area contributed by atoms with Crippen molar-refractivity contribution in [3.05, 3.63) is 59.9 Å². The average molecular weight is 354 g/mol. The van der Waals surface area contributed by atoms with E-state index in [0.717, 1.165) is 38.0 Å². The second kappa shape index (κ2) is 8.70. The van der Waals surface area contributed by atoms with Gasteiger partial charge in [-0.05, 0) is 49.3 Å². The van der Waals surface area contributed by atoms with E-state index in [0.29, 0.717) is 13.0 Å². The van der Waals surface area contributed by atoms with Gasteiger partial charge in [0.2, 0.25) is 0 Å². The molecule has 3 rings (SSSR count). The highest BCUT2D eigenvalue weighted by atomic mass is 16.4. The molecule has 5 heteroatoms. The fourth-order valence-electron chi connectivity index (χ4n) is 3.67. The number of carbonyl (C=O) groups is 2. The number of carboxylic acids is 1. The molecule has 1 fully saturated rings. The number of hydrogen-bond acceptors (Lipinski definition) is 2. The minimum absolute atomic E-state index is 0.0584. The lowest BCUT2D eigenvalue weighted by Gasteiger charge is -2.32. The van der Waals surface area contributed by atoms with Crippen LogP contribution in [0.2, 0.25) is 0 Å². The molecule has 0 radical (unpaired) electrons. The van der Waals surface area contributed by atoms with Crippen LogP contribution in [-0.2, 0) is 17.8 Å². The van der Waals surface area contributed by atoms with Crippen molar-refractivity contribution >= 4 is 11.9 Å². The van der Waals surface area contributed by atoms with Gasteiger partial charge in [-0.15, -0.1) is 0 Å². The number of benzene rings is 1. The Morgan fingerprint density at radius 1 is 1.12 bits per heavy atom. The van der Waals surface area contributed by atoms with E-state index in [2.05, 4.69) is 12.1 Å². The largest absolute Gasteiger partial charge is 0.481 e. The summed E-state index contributed by atoms with van der Waals surface area (Å²) in [5, 5.41) is 8.87. The van der Waals surface area contributed by atoms with Crippen LogP contribution < -0.4 is 0 Å². The third kappa shape index (κ3) is 4.75. The molecular formula is C21H26N2O3. The molecular weight excluding hydrogens is 328 g/mol. The van der Waals surface area contributed by atoms with Crippen LogP contribution >= 0.6 is 0 Å². The van der Waals surface area contributed by atoms with Crippen LogP contribution in [0, 0.1) is 5.92 Å². The summed E-state index contributed by atoms with van der Waals surface area (Å²) in [7, 11) is 0. The van der Waals surface area contributed by atoms with Gasteiger partial charge in [0.25, 0.3) is 5.91 Å². The van der Waals surface area contributed by atoms with Crippen LogP contribution in [0.25, 0.3) is 0 Å². The SMILES string of the molecule is O=C(O)CC[C@@H]1CCCN(C(=O)c2cccn2CCc2ccccc2)C1. The van der Waals surface area contributed by atoms with Gasteiger partial charge < -0.3 is 14.6 Å². The van der Waals surface area contributed by atoms with Crippen molar-refractivity contribution in [3.63, 3.8) is 0 Å². The van der Waals surface area contributed by atoms with Crippen molar-refractivity contribution < 1.29 is 14.7 Å². The van der Waals surface area contributed by atoms with Crippen molar-refractivity contribution in [2.75, 3.05) is 13.1 Å². The standard InChI is InChI=1S/C21H26N2O3/c24-20(25)11-10-18-8-4-14-23(16-18)21(26)19-9-5-13-22(19)15-12-17-6-2-1-3-7-17/h1-3,5-7,9,13,18H,4,8,10-12,14-16H2,(H,24,25)/t18-/m0/s1.